The van der Waals surface area contributed by atoms with Crippen LogP contribution in [0.15, 0.2) is 50.8 Å². The predicted molar refractivity (Wildman–Crippen MR) is 121 cm³/mol. The van der Waals surface area contributed by atoms with Crippen LogP contribution >= 0.6 is 27.7 Å². The Morgan fingerprint density at radius 2 is 2.03 bits per heavy atom. The molecule has 0 aromatic heterocycles. The normalized spacial score (nSPS) is 16.2. The van der Waals surface area contributed by atoms with Gasteiger partial charge in [-0.3, -0.25) is 9.69 Å². The minimum atomic E-state index is -0.337. The third-order valence-electron chi connectivity index (χ3n) is 4.14. The molecule has 0 spiro atoms. The van der Waals surface area contributed by atoms with Crippen LogP contribution in [0.25, 0.3) is 6.08 Å². The van der Waals surface area contributed by atoms with E-state index in [1.807, 2.05) is 6.92 Å². The average Bonchev–Trinajstić information content (AvgIpc) is 3.03. The first-order chi connectivity index (χ1) is 14.5. The summed E-state index contributed by atoms with van der Waals surface area (Å²) in [6.07, 6.45) is 7.01. The number of nitrogens with zero attached hydrogens (tertiary/aromatic N) is 2. The van der Waals surface area contributed by atoms with E-state index in [1.54, 1.807) is 35.2 Å². The quantitative estimate of drug-likeness (QED) is 0.412. The molecule has 2 aromatic carbocycles. The second-order valence-corrected chi connectivity index (χ2v) is 7.91. The molecule has 1 aliphatic heterocycles. The van der Waals surface area contributed by atoms with E-state index in [0.717, 1.165) is 10.0 Å². The maximum absolute atomic E-state index is 13.1. The van der Waals surface area contributed by atoms with Gasteiger partial charge in [-0.1, -0.05) is 21.9 Å². The van der Waals surface area contributed by atoms with Crippen LogP contribution in [0.3, 0.4) is 0 Å². The van der Waals surface area contributed by atoms with Crippen molar-refractivity contribution in [1.29, 1.82) is 0 Å². The molecule has 1 amide bonds. The largest absolute Gasteiger partial charge is 0.493 e. The molecule has 0 bridgehead atoms. The van der Waals surface area contributed by atoms with E-state index in [2.05, 4.69) is 26.8 Å². The first-order valence-corrected chi connectivity index (χ1v) is 10.6. The fourth-order valence-electron chi connectivity index (χ4n) is 2.69. The number of likely N-dealkylation sites (N-methyl/N-ethyl adjacent to an activating group) is 1. The molecule has 1 aliphatic rings. The summed E-state index contributed by atoms with van der Waals surface area (Å²) < 4.78 is 24.7. The highest BCUT2D eigenvalue weighted by Crippen LogP contribution is 2.38. The fraction of sp³-hybridized carbons (Fsp3) is 0.182. The van der Waals surface area contributed by atoms with E-state index in [-0.39, 0.29) is 18.3 Å². The molecule has 1 heterocycles. The van der Waals surface area contributed by atoms with Crippen LogP contribution < -0.4 is 9.47 Å². The van der Waals surface area contributed by atoms with Gasteiger partial charge in [0.2, 0.25) is 0 Å². The van der Waals surface area contributed by atoms with Crippen molar-refractivity contribution in [3.63, 3.8) is 0 Å². The first kappa shape index (κ1) is 21.9. The lowest BCUT2D eigenvalue weighted by atomic mass is 10.2. The number of ether oxygens (including phenoxy) is 2. The van der Waals surface area contributed by atoms with Crippen LogP contribution in [-0.4, -0.2) is 36.2 Å². The number of amides is 1. The Morgan fingerprint density at radius 1 is 1.30 bits per heavy atom. The van der Waals surface area contributed by atoms with Crippen molar-refractivity contribution in [3.8, 4) is 23.8 Å². The number of carbonyl (C=O) groups is 1. The Bertz CT molecular complexity index is 1060. The number of hydrogen-bond donors (Lipinski definition) is 0. The van der Waals surface area contributed by atoms with Gasteiger partial charge < -0.3 is 9.47 Å². The van der Waals surface area contributed by atoms with Crippen LogP contribution in [0.1, 0.15) is 12.5 Å². The van der Waals surface area contributed by atoms with Crippen molar-refractivity contribution < 1.29 is 18.7 Å². The molecule has 0 aliphatic carbocycles. The van der Waals surface area contributed by atoms with Gasteiger partial charge in [0.1, 0.15) is 12.4 Å². The monoisotopic (exact) mass is 488 g/mol. The van der Waals surface area contributed by atoms with Gasteiger partial charge in [0.05, 0.1) is 17.7 Å². The number of methoxy groups -OCH3 is 1. The summed E-state index contributed by atoms with van der Waals surface area (Å²) in [4.78, 5) is 19.5. The number of rotatable bonds is 6. The van der Waals surface area contributed by atoms with Crippen molar-refractivity contribution >= 4 is 50.5 Å². The molecule has 1 fully saturated rings. The van der Waals surface area contributed by atoms with Gasteiger partial charge >= 0.3 is 0 Å². The number of aliphatic imine (C=N–C) groups is 1. The van der Waals surface area contributed by atoms with E-state index in [0.29, 0.717) is 33.8 Å². The van der Waals surface area contributed by atoms with Crippen molar-refractivity contribution in [1.82, 2.24) is 4.90 Å². The molecule has 0 unspecified atom stereocenters. The van der Waals surface area contributed by atoms with E-state index >= 15 is 0 Å². The maximum Gasteiger partial charge on any atom is 0.266 e. The van der Waals surface area contributed by atoms with Crippen LogP contribution in [0, 0.1) is 18.2 Å². The third kappa shape index (κ3) is 4.86. The van der Waals surface area contributed by atoms with Crippen LogP contribution in [0.4, 0.5) is 10.1 Å². The van der Waals surface area contributed by atoms with Crippen molar-refractivity contribution in [2.45, 2.75) is 6.92 Å². The number of halogens is 2. The predicted octanol–water partition coefficient (Wildman–Crippen LogP) is 5.23. The summed E-state index contributed by atoms with van der Waals surface area (Å²) in [5.74, 6) is 2.93. The Hall–Kier alpha value is -2.76. The zero-order chi connectivity index (χ0) is 21.7. The summed E-state index contributed by atoms with van der Waals surface area (Å²) >= 11 is 4.77. The third-order valence-corrected chi connectivity index (χ3v) is 5.83. The lowest BCUT2D eigenvalue weighted by molar-refractivity contribution is -0.122. The highest BCUT2D eigenvalue weighted by atomic mass is 79.9. The standard InChI is InChI=1S/C22H18BrFN2O3S/c1-4-10-29-19-13-17(23)14(11-18(19)28-3)12-20-21(27)26(5-2)22(30-20)25-16-8-6-15(24)7-9-16/h1,6-9,11-13H,5,10H2,2-3H3/b20-12+,25-22?. The first-order valence-electron chi connectivity index (χ1n) is 8.96. The zero-order valence-corrected chi connectivity index (χ0v) is 18.7. The maximum atomic E-state index is 13.1. The smallest absolute Gasteiger partial charge is 0.266 e. The van der Waals surface area contributed by atoms with Gasteiger partial charge in [-0.05, 0) is 66.7 Å². The number of terminal acetylenes is 1. The summed E-state index contributed by atoms with van der Waals surface area (Å²) in [7, 11) is 1.53. The highest BCUT2D eigenvalue weighted by Gasteiger charge is 2.32. The van der Waals surface area contributed by atoms with E-state index < -0.39 is 0 Å². The SMILES string of the molecule is C#CCOc1cc(Br)c(/C=C2/SC(=Nc3ccc(F)cc3)N(CC)C2=O)cc1OC. The van der Waals surface area contributed by atoms with Crippen molar-refractivity contribution in [2.24, 2.45) is 4.99 Å². The molecule has 0 atom stereocenters. The second kappa shape index (κ2) is 9.83. The molecule has 0 N–H and O–H groups in total. The number of thioether (sulfide) groups is 1. The van der Waals surface area contributed by atoms with Gasteiger partial charge in [0.25, 0.3) is 5.91 Å². The molecule has 154 valence electrons. The summed E-state index contributed by atoms with van der Waals surface area (Å²) in [6, 6.07) is 9.32. The number of amidine groups is 1. The van der Waals surface area contributed by atoms with Gasteiger partial charge in [-0.25, -0.2) is 9.38 Å². The molecule has 0 radical (unpaired) electrons. The number of benzene rings is 2. The van der Waals surface area contributed by atoms with Gasteiger partial charge in [-0.2, -0.15) is 0 Å². The van der Waals surface area contributed by atoms with E-state index in [4.69, 9.17) is 15.9 Å². The molecule has 30 heavy (non-hydrogen) atoms. The van der Waals surface area contributed by atoms with Gasteiger partial charge in [0, 0.05) is 11.0 Å². The average molecular weight is 489 g/mol. The van der Waals surface area contributed by atoms with Gasteiger partial charge in [-0.15, -0.1) is 6.42 Å². The zero-order valence-electron chi connectivity index (χ0n) is 16.3. The fourth-order valence-corrected chi connectivity index (χ4v) is 4.18. The molecular weight excluding hydrogens is 471 g/mol. The molecule has 2 aromatic rings. The number of hydrogen-bond acceptors (Lipinski definition) is 5. The minimum absolute atomic E-state index is 0.117. The lowest BCUT2D eigenvalue weighted by Crippen LogP contribution is -2.28. The van der Waals surface area contributed by atoms with Crippen LogP contribution in [0.5, 0.6) is 11.5 Å². The molecular formula is C22H18BrFN2O3S. The Kier molecular flexibility index (Phi) is 7.19. The van der Waals surface area contributed by atoms with E-state index in [9.17, 15) is 9.18 Å². The number of carbonyl (C=O) groups excluding carboxylic acids is 1. The molecule has 1 saturated heterocycles. The highest BCUT2D eigenvalue weighted by molar-refractivity contribution is 9.10. The van der Waals surface area contributed by atoms with Crippen molar-refractivity contribution in [2.75, 3.05) is 20.3 Å². The topological polar surface area (TPSA) is 51.1 Å². The summed E-state index contributed by atoms with van der Waals surface area (Å²) in [6.45, 7) is 2.46. The second-order valence-electron chi connectivity index (χ2n) is 6.05. The summed E-state index contributed by atoms with van der Waals surface area (Å²) in [5.41, 5.74) is 1.32. The molecule has 5 nitrogen and oxygen atoms in total. The van der Waals surface area contributed by atoms with Crippen LogP contribution in [0.2, 0.25) is 0 Å². The summed E-state index contributed by atoms with van der Waals surface area (Å²) in [5, 5.41) is 0.539. The molecule has 8 heteroatoms. The van der Waals surface area contributed by atoms with Crippen LogP contribution in [-0.2, 0) is 4.79 Å². The Balaban J connectivity index is 1.94. The molecule has 3 rings (SSSR count). The van der Waals surface area contributed by atoms with E-state index in [1.165, 1.54) is 31.0 Å². The minimum Gasteiger partial charge on any atom is -0.493 e. The van der Waals surface area contributed by atoms with Gasteiger partial charge in [0.15, 0.2) is 16.7 Å². The Morgan fingerprint density at radius 3 is 2.67 bits per heavy atom. The lowest BCUT2D eigenvalue weighted by Gasteiger charge is -2.12. The van der Waals surface area contributed by atoms with Crippen molar-refractivity contribution in [3.05, 3.63) is 57.2 Å². The molecule has 0 saturated carbocycles. The Labute approximate surface area is 187 Å².